The predicted molar refractivity (Wildman–Crippen MR) is 55.2 cm³/mol. The summed E-state index contributed by atoms with van der Waals surface area (Å²) in [5.41, 5.74) is 6.31. The first-order chi connectivity index (χ1) is 6.15. The molecule has 3 nitrogen and oxygen atoms in total. The van der Waals surface area contributed by atoms with Crippen molar-refractivity contribution in [3.05, 3.63) is 28.5 Å². The van der Waals surface area contributed by atoms with E-state index >= 15 is 0 Å². The molecule has 2 unspecified atom stereocenters. The Kier molecular flexibility index (Phi) is 3.84. The average molecular weight is 245 g/mol. The van der Waals surface area contributed by atoms with Crippen molar-refractivity contribution in [3.63, 3.8) is 0 Å². The highest BCUT2D eigenvalue weighted by molar-refractivity contribution is 9.10. The summed E-state index contributed by atoms with van der Waals surface area (Å²) >= 11 is 3.27. The van der Waals surface area contributed by atoms with Gasteiger partial charge in [-0.2, -0.15) is 0 Å². The number of aromatic nitrogens is 1. The van der Waals surface area contributed by atoms with E-state index in [1.165, 1.54) is 0 Å². The van der Waals surface area contributed by atoms with Gasteiger partial charge in [-0.05, 0) is 34.5 Å². The van der Waals surface area contributed by atoms with Gasteiger partial charge in [-0.1, -0.05) is 6.92 Å². The van der Waals surface area contributed by atoms with Gasteiger partial charge >= 0.3 is 0 Å². The van der Waals surface area contributed by atoms with Crippen molar-refractivity contribution in [1.82, 2.24) is 4.98 Å². The van der Waals surface area contributed by atoms with Gasteiger partial charge in [-0.3, -0.25) is 4.98 Å². The van der Waals surface area contributed by atoms with E-state index in [1.54, 1.807) is 12.3 Å². The highest BCUT2D eigenvalue weighted by Crippen LogP contribution is 2.16. The molecule has 0 spiro atoms. The van der Waals surface area contributed by atoms with Gasteiger partial charge in [0.15, 0.2) is 0 Å². The molecule has 72 valence electrons. The third-order valence-corrected chi connectivity index (χ3v) is 2.40. The molecule has 0 aliphatic carbocycles. The molecule has 0 saturated carbocycles. The SMILES string of the molecule is CCC(N)C(O)c1ccc(Br)cn1. The fraction of sp³-hybridized carbons (Fsp3) is 0.444. The second kappa shape index (κ2) is 4.69. The molecule has 0 amide bonds. The van der Waals surface area contributed by atoms with E-state index in [0.29, 0.717) is 5.69 Å². The van der Waals surface area contributed by atoms with Gasteiger partial charge in [0.25, 0.3) is 0 Å². The van der Waals surface area contributed by atoms with Crippen LogP contribution in [-0.4, -0.2) is 16.1 Å². The highest BCUT2D eigenvalue weighted by Gasteiger charge is 2.15. The lowest BCUT2D eigenvalue weighted by Crippen LogP contribution is -2.27. The van der Waals surface area contributed by atoms with Crippen LogP contribution in [0.2, 0.25) is 0 Å². The lowest BCUT2D eigenvalue weighted by molar-refractivity contribution is 0.140. The molecular weight excluding hydrogens is 232 g/mol. The molecule has 0 saturated heterocycles. The van der Waals surface area contributed by atoms with Crippen LogP contribution in [0.3, 0.4) is 0 Å². The van der Waals surface area contributed by atoms with Crippen LogP contribution in [0.15, 0.2) is 22.8 Å². The summed E-state index contributed by atoms with van der Waals surface area (Å²) in [5, 5.41) is 9.68. The van der Waals surface area contributed by atoms with E-state index in [2.05, 4.69) is 20.9 Å². The summed E-state index contributed by atoms with van der Waals surface area (Å²) in [4.78, 5) is 4.07. The minimum atomic E-state index is -0.668. The number of pyridine rings is 1. The van der Waals surface area contributed by atoms with E-state index < -0.39 is 6.10 Å². The standard InChI is InChI=1S/C9H13BrN2O/c1-2-7(11)9(13)8-4-3-6(10)5-12-8/h3-5,7,9,13H,2,11H2,1H3. The van der Waals surface area contributed by atoms with Crippen molar-refractivity contribution in [2.45, 2.75) is 25.5 Å². The topological polar surface area (TPSA) is 59.1 Å². The summed E-state index contributed by atoms with van der Waals surface area (Å²) in [5.74, 6) is 0. The lowest BCUT2D eigenvalue weighted by Gasteiger charge is -2.16. The van der Waals surface area contributed by atoms with Crippen LogP contribution in [0.5, 0.6) is 0 Å². The summed E-state index contributed by atoms with van der Waals surface area (Å²) in [6.07, 6.45) is 1.72. The van der Waals surface area contributed by atoms with Gasteiger partial charge in [0, 0.05) is 16.7 Å². The first-order valence-corrected chi connectivity index (χ1v) is 4.99. The van der Waals surface area contributed by atoms with E-state index in [0.717, 1.165) is 10.9 Å². The maximum absolute atomic E-state index is 9.68. The first-order valence-electron chi connectivity index (χ1n) is 4.20. The Hall–Kier alpha value is -0.450. The minimum Gasteiger partial charge on any atom is -0.385 e. The molecule has 4 heteroatoms. The molecule has 0 aliphatic heterocycles. The van der Waals surface area contributed by atoms with Crippen molar-refractivity contribution in [2.75, 3.05) is 0 Å². The Morgan fingerprint density at radius 1 is 1.62 bits per heavy atom. The number of aliphatic hydroxyl groups is 1. The number of aliphatic hydroxyl groups excluding tert-OH is 1. The molecule has 3 N–H and O–H groups in total. The predicted octanol–water partition coefficient (Wildman–Crippen LogP) is 1.61. The van der Waals surface area contributed by atoms with Gasteiger partial charge in [0.2, 0.25) is 0 Å². The fourth-order valence-electron chi connectivity index (χ4n) is 1.00. The fourth-order valence-corrected chi connectivity index (χ4v) is 1.24. The summed E-state index contributed by atoms with van der Waals surface area (Å²) in [6, 6.07) is 3.37. The Labute approximate surface area is 86.1 Å². The zero-order chi connectivity index (χ0) is 9.84. The van der Waals surface area contributed by atoms with Crippen LogP contribution in [0.4, 0.5) is 0 Å². The number of nitrogens with two attached hydrogens (primary N) is 1. The summed E-state index contributed by atoms with van der Waals surface area (Å²) in [6.45, 7) is 1.94. The van der Waals surface area contributed by atoms with Crippen LogP contribution >= 0.6 is 15.9 Å². The smallest absolute Gasteiger partial charge is 0.111 e. The third-order valence-electron chi connectivity index (χ3n) is 1.93. The van der Waals surface area contributed by atoms with Crippen LogP contribution in [0, 0.1) is 0 Å². The molecule has 1 aromatic heterocycles. The Balaban J connectivity index is 2.77. The molecule has 1 aromatic rings. The minimum absolute atomic E-state index is 0.242. The van der Waals surface area contributed by atoms with Gasteiger partial charge in [0.1, 0.15) is 6.10 Å². The molecule has 0 aliphatic rings. The van der Waals surface area contributed by atoms with Gasteiger partial charge in [-0.15, -0.1) is 0 Å². The van der Waals surface area contributed by atoms with E-state index in [1.807, 2.05) is 13.0 Å². The zero-order valence-corrected chi connectivity index (χ0v) is 9.03. The molecule has 1 rings (SSSR count). The highest BCUT2D eigenvalue weighted by atomic mass is 79.9. The first kappa shape index (κ1) is 10.6. The third kappa shape index (κ3) is 2.76. The van der Waals surface area contributed by atoms with Gasteiger partial charge in [0.05, 0.1) is 5.69 Å². The number of hydrogen-bond donors (Lipinski definition) is 2. The number of hydrogen-bond acceptors (Lipinski definition) is 3. The number of halogens is 1. The molecule has 1 heterocycles. The van der Waals surface area contributed by atoms with E-state index in [4.69, 9.17) is 5.73 Å². The Morgan fingerprint density at radius 3 is 2.77 bits per heavy atom. The van der Waals surface area contributed by atoms with Gasteiger partial charge < -0.3 is 10.8 Å². The van der Waals surface area contributed by atoms with Crippen LogP contribution in [0.1, 0.15) is 25.1 Å². The Bertz CT molecular complexity index is 263. The molecule has 13 heavy (non-hydrogen) atoms. The van der Waals surface area contributed by atoms with Crippen molar-refractivity contribution in [1.29, 1.82) is 0 Å². The molecule has 0 radical (unpaired) electrons. The molecule has 0 bridgehead atoms. The normalized spacial score (nSPS) is 15.4. The van der Waals surface area contributed by atoms with Crippen LogP contribution in [-0.2, 0) is 0 Å². The summed E-state index contributed by atoms with van der Waals surface area (Å²) in [7, 11) is 0. The summed E-state index contributed by atoms with van der Waals surface area (Å²) < 4.78 is 0.897. The van der Waals surface area contributed by atoms with Crippen molar-refractivity contribution >= 4 is 15.9 Å². The molecular formula is C9H13BrN2O. The monoisotopic (exact) mass is 244 g/mol. The van der Waals surface area contributed by atoms with Gasteiger partial charge in [-0.25, -0.2) is 0 Å². The maximum Gasteiger partial charge on any atom is 0.111 e. The van der Waals surface area contributed by atoms with Crippen LogP contribution in [0.25, 0.3) is 0 Å². The van der Waals surface area contributed by atoms with E-state index in [-0.39, 0.29) is 6.04 Å². The quantitative estimate of drug-likeness (QED) is 0.850. The largest absolute Gasteiger partial charge is 0.385 e. The molecule has 2 atom stereocenters. The number of nitrogens with zero attached hydrogens (tertiary/aromatic N) is 1. The lowest BCUT2D eigenvalue weighted by atomic mass is 10.1. The second-order valence-electron chi connectivity index (χ2n) is 2.92. The molecule has 0 fully saturated rings. The maximum atomic E-state index is 9.68. The van der Waals surface area contributed by atoms with Crippen molar-refractivity contribution in [2.24, 2.45) is 5.73 Å². The van der Waals surface area contributed by atoms with Crippen molar-refractivity contribution < 1.29 is 5.11 Å². The second-order valence-corrected chi connectivity index (χ2v) is 3.83. The van der Waals surface area contributed by atoms with E-state index in [9.17, 15) is 5.11 Å². The number of rotatable bonds is 3. The van der Waals surface area contributed by atoms with Crippen LogP contribution < -0.4 is 5.73 Å². The zero-order valence-electron chi connectivity index (χ0n) is 7.44. The average Bonchev–Trinajstić information content (AvgIpc) is 2.17. The Morgan fingerprint density at radius 2 is 2.31 bits per heavy atom. The van der Waals surface area contributed by atoms with Crippen molar-refractivity contribution in [3.8, 4) is 0 Å². The molecule has 0 aromatic carbocycles.